The van der Waals surface area contributed by atoms with Gasteiger partial charge in [-0.25, -0.2) is 4.79 Å². The number of fused-ring (bicyclic) bond motifs is 1. The molecular formula is C29H33F3N4O4. The van der Waals surface area contributed by atoms with Crippen molar-refractivity contribution in [2.75, 3.05) is 44.7 Å². The summed E-state index contributed by atoms with van der Waals surface area (Å²) in [5.74, 6) is -0.536. The van der Waals surface area contributed by atoms with Crippen LogP contribution in [0.1, 0.15) is 52.4 Å². The number of rotatable bonds is 8. The molecule has 1 amide bonds. The van der Waals surface area contributed by atoms with E-state index in [0.717, 1.165) is 33.3 Å². The number of aromatic nitrogens is 1. The third-order valence-electron chi connectivity index (χ3n) is 7.98. The molecule has 2 aliphatic heterocycles. The van der Waals surface area contributed by atoms with E-state index in [2.05, 4.69) is 9.88 Å². The number of carboxylic acid groups (broad SMARTS) is 1. The van der Waals surface area contributed by atoms with Gasteiger partial charge < -0.3 is 19.7 Å². The highest BCUT2D eigenvalue weighted by Crippen LogP contribution is 2.37. The summed E-state index contributed by atoms with van der Waals surface area (Å²) in [5, 5.41) is 10.8. The number of ether oxygens (including phenoxy) is 1. The number of alkyl halides is 3. The first-order valence-electron chi connectivity index (χ1n) is 13.4. The highest BCUT2D eigenvalue weighted by molar-refractivity contribution is 6.03. The van der Waals surface area contributed by atoms with Crippen LogP contribution in [0.2, 0.25) is 0 Å². The van der Waals surface area contributed by atoms with Gasteiger partial charge in [0, 0.05) is 74.4 Å². The van der Waals surface area contributed by atoms with Gasteiger partial charge in [-0.05, 0) is 48.7 Å². The van der Waals surface area contributed by atoms with E-state index in [0.29, 0.717) is 51.3 Å². The van der Waals surface area contributed by atoms with E-state index in [1.807, 2.05) is 25.3 Å². The lowest BCUT2D eigenvalue weighted by atomic mass is 9.97. The van der Waals surface area contributed by atoms with Crippen LogP contribution in [0, 0.1) is 6.92 Å². The van der Waals surface area contributed by atoms with Crippen LogP contribution >= 0.6 is 0 Å². The summed E-state index contributed by atoms with van der Waals surface area (Å²) < 4.78 is 44.9. The fraction of sp³-hybridized carbons (Fsp3) is 0.448. The van der Waals surface area contributed by atoms with Gasteiger partial charge in [0.25, 0.3) is 0 Å². The fourth-order valence-electron chi connectivity index (χ4n) is 5.92. The molecule has 2 N–H and O–H groups in total. The molecule has 11 heteroatoms. The van der Waals surface area contributed by atoms with Crippen LogP contribution < -0.4 is 9.64 Å². The lowest BCUT2D eigenvalue weighted by Crippen LogP contribution is -2.48. The van der Waals surface area contributed by atoms with Crippen LogP contribution in [0.3, 0.4) is 0 Å². The van der Waals surface area contributed by atoms with Crippen LogP contribution in [0.25, 0.3) is 10.9 Å². The number of hydrogen-bond donors (Lipinski definition) is 2. The topological polar surface area (TPSA) is 89.1 Å². The summed E-state index contributed by atoms with van der Waals surface area (Å²) in [6, 6.07) is 8.59. The molecular weight excluding hydrogens is 525 g/mol. The number of aryl methyl sites for hydroxylation is 1. The third-order valence-corrected chi connectivity index (χ3v) is 7.98. The molecule has 0 spiro atoms. The van der Waals surface area contributed by atoms with Crippen LogP contribution in [-0.2, 0) is 11.3 Å². The van der Waals surface area contributed by atoms with Crippen molar-refractivity contribution >= 4 is 28.5 Å². The third kappa shape index (κ3) is 5.66. The monoisotopic (exact) mass is 558 g/mol. The number of aromatic carboxylic acids is 1. The van der Waals surface area contributed by atoms with E-state index in [4.69, 9.17) is 4.74 Å². The average Bonchev–Trinajstić information content (AvgIpc) is 3.58. The lowest BCUT2D eigenvalue weighted by Gasteiger charge is -2.42. The number of halogens is 3. The minimum absolute atomic E-state index is 0.0320. The number of nitrogens with zero attached hydrogens (tertiary/aromatic N) is 3. The number of methoxy groups -OCH3 is 1. The van der Waals surface area contributed by atoms with Gasteiger partial charge in [0.2, 0.25) is 5.91 Å². The fourth-order valence-corrected chi connectivity index (χ4v) is 5.92. The number of amides is 1. The molecule has 0 saturated carbocycles. The number of aromatic amines is 1. The molecule has 8 nitrogen and oxygen atoms in total. The number of piperazine rings is 1. The first kappa shape index (κ1) is 28.0. The van der Waals surface area contributed by atoms with Gasteiger partial charge in [0.1, 0.15) is 5.75 Å². The Morgan fingerprint density at radius 3 is 2.65 bits per heavy atom. The van der Waals surface area contributed by atoms with Gasteiger partial charge in [-0.2, -0.15) is 13.2 Å². The Kier molecular flexibility index (Phi) is 7.78. The second-order valence-electron chi connectivity index (χ2n) is 10.5. The van der Waals surface area contributed by atoms with Crippen molar-refractivity contribution in [3.8, 4) is 5.75 Å². The maximum absolute atomic E-state index is 13.1. The number of carboxylic acids is 1. The van der Waals surface area contributed by atoms with Gasteiger partial charge in [0.05, 0.1) is 24.8 Å². The standard InChI is InChI=1S/C29H33F3N4O4/c1-18-14-25(40-2)22(20-7-9-33-27(18)20)16-35-13-12-34(11-8-29(30,31)32)17-24(35)19-5-6-21(28(38)39)23(15-19)36-10-3-4-26(36)37/h5-7,9,14-15,24,33H,3-4,8,10-13,16-17H2,1-2H3,(H,38,39)/t24-/m1/s1. The van der Waals surface area contributed by atoms with Crippen molar-refractivity contribution in [3.05, 3.63) is 58.8 Å². The predicted octanol–water partition coefficient (Wildman–Crippen LogP) is 5.12. The Labute approximate surface area is 230 Å². The van der Waals surface area contributed by atoms with Crippen molar-refractivity contribution in [1.29, 1.82) is 0 Å². The van der Waals surface area contributed by atoms with Gasteiger partial charge in [0.15, 0.2) is 0 Å². The zero-order chi connectivity index (χ0) is 28.6. The Balaban J connectivity index is 1.53. The molecule has 0 radical (unpaired) electrons. The van der Waals surface area contributed by atoms with E-state index in [9.17, 15) is 27.9 Å². The number of nitrogens with one attached hydrogen (secondary N) is 1. The predicted molar refractivity (Wildman–Crippen MR) is 145 cm³/mol. The average molecular weight is 559 g/mol. The number of H-pyrrole nitrogens is 1. The second kappa shape index (κ2) is 11.1. The normalized spacial score (nSPS) is 19.1. The van der Waals surface area contributed by atoms with Gasteiger partial charge in [-0.3, -0.25) is 14.6 Å². The van der Waals surface area contributed by atoms with E-state index >= 15 is 0 Å². The maximum atomic E-state index is 13.1. The molecule has 214 valence electrons. The zero-order valence-corrected chi connectivity index (χ0v) is 22.6. The van der Waals surface area contributed by atoms with Crippen LogP contribution in [-0.4, -0.2) is 77.8 Å². The summed E-state index contributed by atoms with van der Waals surface area (Å²) in [7, 11) is 1.62. The Morgan fingerprint density at radius 2 is 1.98 bits per heavy atom. The number of anilines is 1. The second-order valence-corrected chi connectivity index (χ2v) is 10.5. The summed E-state index contributed by atoms with van der Waals surface area (Å²) in [4.78, 5) is 33.4. The SMILES string of the molecule is COc1cc(C)c2[nH]ccc2c1CN1CCN(CCC(F)(F)F)C[C@@H]1c1ccc(C(=O)O)c(N2CCCC2=O)c1. The quantitative estimate of drug-likeness (QED) is 0.399. The van der Waals surface area contributed by atoms with Gasteiger partial charge in [-0.15, -0.1) is 0 Å². The molecule has 3 aromatic rings. The zero-order valence-electron chi connectivity index (χ0n) is 22.6. The van der Waals surface area contributed by atoms with Crippen molar-refractivity contribution < 1.29 is 32.6 Å². The number of benzene rings is 2. The molecule has 1 aromatic heterocycles. The number of hydrogen-bond acceptors (Lipinski definition) is 5. The molecule has 5 rings (SSSR count). The molecule has 0 bridgehead atoms. The van der Waals surface area contributed by atoms with Gasteiger partial charge >= 0.3 is 12.1 Å². The molecule has 0 aliphatic carbocycles. The maximum Gasteiger partial charge on any atom is 0.390 e. The molecule has 0 unspecified atom stereocenters. The molecule has 1 atom stereocenters. The van der Waals surface area contributed by atoms with Crippen molar-refractivity contribution in [3.63, 3.8) is 0 Å². The highest BCUT2D eigenvalue weighted by atomic mass is 19.4. The first-order chi connectivity index (χ1) is 19.1. The van der Waals surface area contributed by atoms with Crippen molar-refractivity contribution in [2.45, 2.75) is 44.9 Å². The van der Waals surface area contributed by atoms with Crippen molar-refractivity contribution in [2.24, 2.45) is 0 Å². The molecule has 3 heterocycles. The summed E-state index contributed by atoms with van der Waals surface area (Å²) >= 11 is 0. The minimum atomic E-state index is -4.26. The molecule has 2 fully saturated rings. The lowest BCUT2D eigenvalue weighted by molar-refractivity contribution is -0.139. The van der Waals surface area contributed by atoms with E-state index in [1.54, 1.807) is 24.1 Å². The van der Waals surface area contributed by atoms with E-state index in [1.165, 1.54) is 11.0 Å². The Morgan fingerprint density at radius 1 is 1.18 bits per heavy atom. The largest absolute Gasteiger partial charge is 0.496 e. The highest BCUT2D eigenvalue weighted by Gasteiger charge is 2.34. The number of carbonyl (C=O) groups excluding carboxylic acids is 1. The van der Waals surface area contributed by atoms with Gasteiger partial charge in [-0.1, -0.05) is 6.07 Å². The number of carbonyl (C=O) groups is 2. The smallest absolute Gasteiger partial charge is 0.390 e. The van der Waals surface area contributed by atoms with Crippen molar-refractivity contribution in [1.82, 2.24) is 14.8 Å². The summed E-state index contributed by atoms with van der Waals surface area (Å²) in [6.07, 6.45) is -2.29. The summed E-state index contributed by atoms with van der Waals surface area (Å²) in [5.41, 5.74) is 4.13. The van der Waals surface area contributed by atoms with Crippen LogP contribution in [0.4, 0.5) is 18.9 Å². The molecule has 2 aliphatic rings. The van der Waals surface area contributed by atoms with E-state index in [-0.39, 0.29) is 24.1 Å². The molecule has 40 heavy (non-hydrogen) atoms. The van der Waals surface area contributed by atoms with Crippen LogP contribution in [0.15, 0.2) is 36.5 Å². The van der Waals surface area contributed by atoms with E-state index < -0.39 is 18.6 Å². The molecule has 2 saturated heterocycles. The van der Waals surface area contributed by atoms with Crippen LogP contribution in [0.5, 0.6) is 5.75 Å². The first-order valence-corrected chi connectivity index (χ1v) is 13.4. The Bertz CT molecular complexity index is 1420. The Hall–Kier alpha value is -3.57. The summed E-state index contributed by atoms with van der Waals surface area (Å²) in [6.45, 7) is 4.09. The molecule has 2 aromatic carbocycles. The minimum Gasteiger partial charge on any atom is -0.496 e.